The standard InChI is InChI=1S/C10H11BrINO3S/c1-2-17(15,16)10(11,12)9(14)7-3-5-8(13)6-4-7/h3-6H,2,13H2,1H3/t10-/m0/s1. The second-order valence-electron chi connectivity index (χ2n) is 3.37. The summed E-state index contributed by atoms with van der Waals surface area (Å²) in [5.74, 6) is -0.609. The van der Waals surface area contributed by atoms with Crippen molar-refractivity contribution >= 4 is 59.8 Å². The monoisotopic (exact) mass is 431 g/mol. The summed E-state index contributed by atoms with van der Waals surface area (Å²) >= 11 is 4.61. The molecule has 0 unspecified atom stereocenters. The van der Waals surface area contributed by atoms with Gasteiger partial charge in [-0.25, -0.2) is 8.42 Å². The number of benzene rings is 1. The average molecular weight is 432 g/mol. The fourth-order valence-electron chi connectivity index (χ4n) is 1.13. The van der Waals surface area contributed by atoms with E-state index in [1.807, 2.05) is 0 Å². The Kier molecular flexibility index (Phi) is 4.59. The maximum atomic E-state index is 12.1. The minimum atomic E-state index is -3.53. The predicted molar refractivity (Wildman–Crippen MR) is 80.3 cm³/mol. The Morgan fingerprint density at radius 3 is 2.29 bits per heavy atom. The molecule has 1 atom stereocenters. The molecule has 0 aliphatic carbocycles. The number of nitrogen functional groups attached to an aromatic ring is 1. The summed E-state index contributed by atoms with van der Waals surface area (Å²) in [5.41, 5.74) is 6.33. The van der Waals surface area contributed by atoms with Crippen molar-refractivity contribution in [2.24, 2.45) is 0 Å². The van der Waals surface area contributed by atoms with Gasteiger partial charge in [-0.1, -0.05) is 6.92 Å². The van der Waals surface area contributed by atoms with Gasteiger partial charge in [0.1, 0.15) is 0 Å². The van der Waals surface area contributed by atoms with Crippen LogP contribution in [0.1, 0.15) is 17.3 Å². The van der Waals surface area contributed by atoms with E-state index in [-0.39, 0.29) is 5.75 Å². The highest BCUT2D eigenvalue weighted by Gasteiger charge is 2.45. The number of rotatable bonds is 4. The number of nitrogens with two attached hydrogens (primary N) is 1. The van der Waals surface area contributed by atoms with Gasteiger partial charge in [-0.3, -0.25) is 4.79 Å². The second kappa shape index (κ2) is 5.23. The maximum absolute atomic E-state index is 12.1. The fourth-order valence-corrected chi connectivity index (χ4v) is 4.05. The molecule has 0 aliphatic heterocycles. The molecule has 0 bridgehead atoms. The lowest BCUT2D eigenvalue weighted by atomic mass is 10.1. The first-order valence-corrected chi connectivity index (χ1v) is 8.25. The van der Waals surface area contributed by atoms with Gasteiger partial charge in [0.2, 0.25) is 7.45 Å². The van der Waals surface area contributed by atoms with Crippen molar-refractivity contribution in [3.63, 3.8) is 0 Å². The number of ketones is 1. The molecule has 0 aromatic heterocycles. The molecule has 0 aliphatic rings. The summed E-state index contributed by atoms with van der Waals surface area (Å²) in [4.78, 5) is 12.1. The Hall–Kier alpha value is -0.150. The lowest BCUT2D eigenvalue weighted by Crippen LogP contribution is -2.35. The first-order valence-electron chi connectivity index (χ1n) is 4.73. The van der Waals surface area contributed by atoms with E-state index in [0.717, 1.165) is 0 Å². The Balaban J connectivity index is 3.18. The topological polar surface area (TPSA) is 77.2 Å². The van der Waals surface area contributed by atoms with Crippen LogP contribution in [0.4, 0.5) is 5.69 Å². The molecule has 0 saturated carbocycles. The minimum absolute atomic E-state index is 0.109. The highest BCUT2D eigenvalue weighted by atomic mass is 127. The summed E-state index contributed by atoms with van der Waals surface area (Å²) in [6, 6.07) is 6.14. The van der Waals surface area contributed by atoms with Crippen LogP contribution < -0.4 is 5.73 Å². The van der Waals surface area contributed by atoms with Gasteiger partial charge in [-0.2, -0.15) is 0 Å². The third-order valence-corrected chi connectivity index (χ3v) is 8.28. The van der Waals surface area contributed by atoms with Crippen molar-refractivity contribution in [1.82, 2.24) is 0 Å². The quantitative estimate of drug-likeness (QED) is 0.343. The number of hydrogen-bond donors (Lipinski definition) is 1. The van der Waals surface area contributed by atoms with Crippen LogP contribution in [0.25, 0.3) is 0 Å². The molecule has 0 heterocycles. The van der Waals surface area contributed by atoms with Gasteiger partial charge in [0.15, 0.2) is 9.84 Å². The molecule has 17 heavy (non-hydrogen) atoms. The Morgan fingerprint density at radius 1 is 1.41 bits per heavy atom. The van der Waals surface area contributed by atoms with Crippen molar-refractivity contribution < 1.29 is 13.2 Å². The van der Waals surface area contributed by atoms with Gasteiger partial charge in [-0.15, -0.1) is 0 Å². The Labute approximate surface area is 122 Å². The molecule has 2 N–H and O–H groups in total. The van der Waals surface area contributed by atoms with Gasteiger partial charge < -0.3 is 5.73 Å². The Bertz CT molecular complexity index is 525. The van der Waals surface area contributed by atoms with Gasteiger partial charge in [0.05, 0.1) is 5.75 Å². The van der Waals surface area contributed by atoms with Crippen molar-refractivity contribution in [3.05, 3.63) is 29.8 Å². The maximum Gasteiger partial charge on any atom is 0.239 e. The highest BCUT2D eigenvalue weighted by molar-refractivity contribution is 14.1. The van der Waals surface area contributed by atoms with Crippen LogP contribution in [-0.4, -0.2) is 21.6 Å². The minimum Gasteiger partial charge on any atom is -0.399 e. The van der Waals surface area contributed by atoms with Crippen LogP contribution in [0.3, 0.4) is 0 Å². The van der Waals surface area contributed by atoms with Gasteiger partial charge in [0.25, 0.3) is 0 Å². The third kappa shape index (κ3) is 3.00. The van der Waals surface area contributed by atoms with E-state index in [0.29, 0.717) is 11.3 Å². The lowest BCUT2D eigenvalue weighted by Gasteiger charge is -2.18. The molecule has 4 nitrogen and oxygen atoms in total. The molecule has 1 rings (SSSR count). The zero-order valence-corrected chi connectivity index (χ0v) is 13.5. The van der Waals surface area contributed by atoms with Crippen molar-refractivity contribution in [2.45, 2.75) is 8.59 Å². The second-order valence-corrected chi connectivity index (χ2v) is 11.3. The molecule has 0 fully saturated rings. The van der Waals surface area contributed by atoms with E-state index in [4.69, 9.17) is 5.73 Å². The van der Waals surface area contributed by atoms with Crippen LogP contribution in [0, 0.1) is 0 Å². The van der Waals surface area contributed by atoms with Gasteiger partial charge >= 0.3 is 0 Å². The zero-order chi connectivity index (χ0) is 13.3. The molecule has 0 saturated heterocycles. The third-order valence-electron chi connectivity index (χ3n) is 2.21. The SMILES string of the molecule is CCS(=O)(=O)[C@@](Br)(I)C(=O)c1ccc(N)cc1. The fraction of sp³-hybridized carbons (Fsp3) is 0.300. The molecule has 0 spiro atoms. The van der Waals surface area contributed by atoms with E-state index < -0.39 is 17.3 Å². The highest BCUT2D eigenvalue weighted by Crippen LogP contribution is 2.37. The summed E-state index contributed by atoms with van der Waals surface area (Å²) in [5, 5.41) is 0. The predicted octanol–water partition coefficient (Wildman–Crippen LogP) is 2.37. The number of carbonyl (C=O) groups is 1. The number of hydrogen-bond acceptors (Lipinski definition) is 4. The van der Waals surface area contributed by atoms with Gasteiger partial charge in [-0.05, 0) is 62.8 Å². The van der Waals surface area contributed by atoms with Crippen LogP contribution in [0.2, 0.25) is 0 Å². The van der Waals surface area contributed by atoms with Crippen LogP contribution >= 0.6 is 38.5 Å². The molecule has 0 radical (unpaired) electrons. The number of alkyl halides is 2. The van der Waals surface area contributed by atoms with E-state index in [9.17, 15) is 13.2 Å². The molecular formula is C10H11BrINO3S. The summed E-state index contributed by atoms with van der Waals surface area (Å²) in [7, 11) is -3.53. The average Bonchev–Trinajstić information content (AvgIpc) is 2.28. The zero-order valence-electron chi connectivity index (χ0n) is 8.98. The molecule has 1 aromatic carbocycles. The molecule has 7 heteroatoms. The largest absolute Gasteiger partial charge is 0.399 e. The first kappa shape index (κ1) is 14.9. The van der Waals surface area contributed by atoms with E-state index in [2.05, 4.69) is 15.9 Å². The number of halogens is 2. The van der Waals surface area contributed by atoms with E-state index in [1.165, 1.54) is 19.1 Å². The summed E-state index contributed by atoms with van der Waals surface area (Å²) < 4.78 is 22.0. The van der Waals surface area contributed by atoms with E-state index in [1.54, 1.807) is 34.7 Å². The summed E-state index contributed by atoms with van der Waals surface area (Å²) in [6.07, 6.45) is 0. The number of Topliss-reactive ketones (excluding diaryl/α,β-unsaturated/α-hetero) is 1. The van der Waals surface area contributed by atoms with Gasteiger partial charge in [0, 0.05) is 11.3 Å². The van der Waals surface area contributed by atoms with Crippen molar-refractivity contribution in [2.75, 3.05) is 11.5 Å². The number of sulfone groups is 1. The van der Waals surface area contributed by atoms with E-state index >= 15 is 0 Å². The van der Waals surface area contributed by atoms with Crippen molar-refractivity contribution in [1.29, 1.82) is 0 Å². The van der Waals surface area contributed by atoms with Crippen LogP contribution in [-0.2, 0) is 9.84 Å². The number of anilines is 1. The smallest absolute Gasteiger partial charge is 0.239 e. The molecular weight excluding hydrogens is 421 g/mol. The van der Waals surface area contributed by atoms with Crippen LogP contribution in [0.5, 0.6) is 0 Å². The summed E-state index contributed by atoms with van der Waals surface area (Å²) in [6.45, 7) is 1.50. The molecule has 94 valence electrons. The molecule has 1 aromatic rings. The molecule has 0 amide bonds. The number of carbonyl (C=O) groups excluding carboxylic acids is 1. The van der Waals surface area contributed by atoms with Crippen molar-refractivity contribution in [3.8, 4) is 0 Å². The normalized spacial score (nSPS) is 15.2. The first-order chi connectivity index (χ1) is 7.72. The van der Waals surface area contributed by atoms with Crippen LogP contribution in [0.15, 0.2) is 24.3 Å². The Morgan fingerprint density at radius 2 is 1.88 bits per heavy atom. The lowest BCUT2D eigenvalue weighted by molar-refractivity contribution is 0.101.